The summed E-state index contributed by atoms with van der Waals surface area (Å²) in [5.41, 5.74) is 3.21. The molecular formula is C22H28ClN3OS. The second-order valence-corrected chi connectivity index (χ2v) is 8.19. The van der Waals surface area contributed by atoms with E-state index in [1.807, 2.05) is 43.3 Å². The Morgan fingerprint density at radius 2 is 1.96 bits per heavy atom. The van der Waals surface area contributed by atoms with Crippen molar-refractivity contribution in [3.05, 3.63) is 58.6 Å². The molecule has 0 unspecified atom stereocenters. The van der Waals surface area contributed by atoms with Crippen molar-refractivity contribution in [2.45, 2.75) is 32.4 Å². The Bertz CT molecular complexity index is 821. The van der Waals surface area contributed by atoms with Gasteiger partial charge in [-0.3, -0.25) is 0 Å². The predicted molar refractivity (Wildman–Crippen MR) is 121 cm³/mol. The maximum atomic E-state index is 6.10. The number of hydrogen-bond donors (Lipinski definition) is 1. The quantitative estimate of drug-likeness (QED) is 0.695. The Kier molecular flexibility index (Phi) is 7.16. The van der Waals surface area contributed by atoms with Gasteiger partial charge in [-0.2, -0.15) is 0 Å². The molecule has 2 aromatic rings. The number of likely N-dealkylation sites (tertiary alicyclic amines) is 1. The highest BCUT2D eigenvalue weighted by Gasteiger charge is 2.26. The van der Waals surface area contributed by atoms with Crippen LogP contribution in [0, 0.1) is 6.92 Å². The number of aryl methyl sites for hydroxylation is 1. The van der Waals surface area contributed by atoms with Crippen molar-refractivity contribution in [1.82, 2.24) is 9.80 Å². The largest absolute Gasteiger partial charge is 0.496 e. The van der Waals surface area contributed by atoms with Gasteiger partial charge in [-0.1, -0.05) is 29.8 Å². The summed E-state index contributed by atoms with van der Waals surface area (Å²) < 4.78 is 5.57. The van der Waals surface area contributed by atoms with Crippen LogP contribution in [-0.2, 0) is 6.54 Å². The molecule has 0 bridgehead atoms. The van der Waals surface area contributed by atoms with Crippen LogP contribution >= 0.6 is 23.8 Å². The van der Waals surface area contributed by atoms with Gasteiger partial charge in [-0.15, -0.1) is 0 Å². The van der Waals surface area contributed by atoms with Crippen LogP contribution in [0.2, 0.25) is 5.02 Å². The van der Waals surface area contributed by atoms with E-state index >= 15 is 0 Å². The summed E-state index contributed by atoms with van der Waals surface area (Å²) in [5, 5.41) is 4.92. The number of thiocarbonyl (C=S) groups is 1. The summed E-state index contributed by atoms with van der Waals surface area (Å²) >= 11 is 12.0. The average molecular weight is 418 g/mol. The van der Waals surface area contributed by atoms with Crippen molar-refractivity contribution in [3.8, 4) is 5.75 Å². The van der Waals surface area contributed by atoms with Crippen molar-refractivity contribution >= 4 is 34.6 Å². The fourth-order valence-corrected chi connectivity index (χ4v) is 4.20. The molecule has 1 N–H and O–H groups in total. The average Bonchev–Trinajstić information content (AvgIpc) is 2.69. The van der Waals surface area contributed by atoms with Crippen molar-refractivity contribution in [2.24, 2.45) is 0 Å². The number of methoxy groups -OCH3 is 1. The van der Waals surface area contributed by atoms with Crippen LogP contribution < -0.4 is 10.1 Å². The van der Waals surface area contributed by atoms with Crippen LogP contribution in [-0.4, -0.2) is 48.2 Å². The van der Waals surface area contributed by atoms with E-state index in [0.29, 0.717) is 6.04 Å². The zero-order valence-corrected chi connectivity index (χ0v) is 18.3. The maximum absolute atomic E-state index is 6.10. The van der Waals surface area contributed by atoms with Gasteiger partial charge in [0.25, 0.3) is 0 Å². The highest BCUT2D eigenvalue weighted by Crippen LogP contribution is 2.26. The Hall–Kier alpha value is -1.82. The smallest absolute Gasteiger partial charge is 0.173 e. The first kappa shape index (κ1) is 20.9. The molecule has 1 saturated heterocycles. The summed E-state index contributed by atoms with van der Waals surface area (Å²) in [6, 6.07) is 14.4. The van der Waals surface area contributed by atoms with Gasteiger partial charge in [0, 0.05) is 28.9 Å². The molecule has 0 saturated carbocycles. The van der Waals surface area contributed by atoms with Crippen LogP contribution in [0.3, 0.4) is 0 Å². The van der Waals surface area contributed by atoms with Crippen molar-refractivity contribution in [2.75, 3.05) is 32.6 Å². The number of nitrogens with one attached hydrogen (secondary N) is 1. The molecule has 1 aliphatic rings. The number of benzene rings is 2. The minimum atomic E-state index is 0.397. The van der Waals surface area contributed by atoms with E-state index in [-0.39, 0.29) is 0 Å². The van der Waals surface area contributed by atoms with Gasteiger partial charge in [0.05, 0.1) is 7.11 Å². The van der Waals surface area contributed by atoms with Gasteiger partial charge in [-0.05, 0) is 81.9 Å². The molecule has 4 nitrogen and oxygen atoms in total. The molecule has 150 valence electrons. The monoisotopic (exact) mass is 417 g/mol. The first-order valence-corrected chi connectivity index (χ1v) is 10.4. The molecule has 1 heterocycles. The second kappa shape index (κ2) is 9.59. The van der Waals surface area contributed by atoms with Crippen LogP contribution in [0.15, 0.2) is 42.5 Å². The highest BCUT2D eigenvalue weighted by atomic mass is 35.5. The molecule has 0 aliphatic carbocycles. The molecule has 0 atom stereocenters. The van der Waals surface area contributed by atoms with Gasteiger partial charge < -0.3 is 19.9 Å². The second-order valence-electron chi connectivity index (χ2n) is 7.36. The minimum absolute atomic E-state index is 0.397. The first-order valence-electron chi connectivity index (χ1n) is 9.62. The SMILES string of the molecule is COc1ccccc1CN(C(=S)Nc1ccc(Cl)cc1C)C1CCN(C)CC1. The fourth-order valence-electron chi connectivity index (χ4n) is 3.64. The van der Waals surface area contributed by atoms with Crippen LogP contribution in [0.4, 0.5) is 5.69 Å². The number of anilines is 1. The number of hydrogen-bond acceptors (Lipinski definition) is 3. The number of para-hydroxylation sites is 1. The minimum Gasteiger partial charge on any atom is -0.496 e. The lowest BCUT2D eigenvalue weighted by Gasteiger charge is -2.39. The number of rotatable bonds is 5. The lowest BCUT2D eigenvalue weighted by atomic mass is 10.0. The Morgan fingerprint density at radius 3 is 2.64 bits per heavy atom. The van der Waals surface area contributed by atoms with Gasteiger partial charge in [-0.25, -0.2) is 0 Å². The van der Waals surface area contributed by atoms with Crippen molar-refractivity contribution < 1.29 is 4.74 Å². The molecule has 28 heavy (non-hydrogen) atoms. The third-order valence-corrected chi connectivity index (χ3v) is 5.92. The zero-order valence-electron chi connectivity index (χ0n) is 16.7. The van der Waals surface area contributed by atoms with Crippen molar-refractivity contribution in [1.29, 1.82) is 0 Å². The lowest BCUT2D eigenvalue weighted by molar-refractivity contribution is 0.173. The van der Waals surface area contributed by atoms with Crippen LogP contribution in [0.5, 0.6) is 5.75 Å². The standard InChI is InChI=1S/C22H28ClN3OS/c1-16-14-18(23)8-9-20(16)24-22(28)26(19-10-12-25(2)13-11-19)15-17-6-4-5-7-21(17)27-3/h4-9,14,19H,10-13,15H2,1-3H3,(H,24,28). The number of ether oxygens (including phenoxy) is 1. The van der Waals surface area contributed by atoms with E-state index in [1.54, 1.807) is 7.11 Å². The maximum Gasteiger partial charge on any atom is 0.173 e. The van der Waals surface area contributed by atoms with Gasteiger partial charge >= 0.3 is 0 Å². The van der Waals surface area contributed by atoms with Crippen LogP contribution in [0.1, 0.15) is 24.0 Å². The topological polar surface area (TPSA) is 27.7 Å². The van der Waals surface area contributed by atoms with E-state index < -0.39 is 0 Å². The first-order chi connectivity index (χ1) is 13.5. The molecule has 3 rings (SSSR count). The molecule has 1 aliphatic heterocycles. The molecule has 0 radical (unpaired) electrons. The third kappa shape index (κ3) is 5.16. The molecule has 2 aromatic carbocycles. The lowest BCUT2D eigenvalue weighted by Crippen LogP contribution is -2.47. The summed E-state index contributed by atoms with van der Waals surface area (Å²) in [6.07, 6.45) is 2.18. The molecule has 0 spiro atoms. The summed E-state index contributed by atoms with van der Waals surface area (Å²) in [7, 11) is 3.89. The summed E-state index contributed by atoms with van der Waals surface area (Å²) in [6.45, 7) is 4.92. The predicted octanol–water partition coefficient (Wildman–Crippen LogP) is 4.95. The van der Waals surface area contributed by atoms with Gasteiger partial charge in [0.1, 0.15) is 5.75 Å². The zero-order chi connectivity index (χ0) is 20.1. The van der Waals surface area contributed by atoms with Crippen molar-refractivity contribution in [3.63, 3.8) is 0 Å². The third-order valence-electron chi connectivity index (χ3n) is 5.35. The number of nitrogens with zero attached hydrogens (tertiary/aromatic N) is 2. The number of piperidine rings is 1. The Morgan fingerprint density at radius 1 is 1.25 bits per heavy atom. The molecule has 6 heteroatoms. The molecule has 0 amide bonds. The Balaban J connectivity index is 1.83. The Labute approximate surface area is 178 Å². The summed E-state index contributed by atoms with van der Waals surface area (Å²) in [5.74, 6) is 0.894. The fraction of sp³-hybridized carbons (Fsp3) is 0.409. The highest BCUT2D eigenvalue weighted by molar-refractivity contribution is 7.80. The van der Waals surface area contributed by atoms with E-state index in [9.17, 15) is 0 Å². The molecular weight excluding hydrogens is 390 g/mol. The normalized spacial score (nSPS) is 15.3. The van der Waals surface area contributed by atoms with E-state index in [4.69, 9.17) is 28.6 Å². The van der Waals surface area contributed by atoms with Gasteiger partial charge in [0.2, 0.25) is 0 Å². The van der Waals surface area contributed by atoms with Gasteiger partial charge in [0.15, 0.2) is 5.11 Å². The molecule has 0 aromatic heterocycles. The van der Waals surface area contributed by atoms with Crippen LogP contribution in [0.25, 0.3) is 0 Å². The van der Waals surface area contributed by atoms with E-state index in [2.05, 4.69) is 28.2 Å². The van der Waals surface area contributed by atoms with E-state index in [1.165, 1.54) is 0 Å². The molecule has 1 fully saturated rings. The summed E-state index contributed by atoms with van der Waals surface area (Å²) in [4.78, 5) is 4.69. The van der Waals surface area contributed by atoms with E-state index in [0.717, 1.165) is 65.2 Å². The number of halogens is 1.